The van der Waals surface area contributed by atoms with Crippen LogP contribution in [-0.4, -0.2) is 60.8 Å². The zero-order valence-corrected chi connectivity index (χ0v) is 17.6. The standard InChI is InChI=1S/C19H26N2O4S2/c1-13(2)10-18(22)20-19-21(16-11-27(23,24)12-17(16)26-19)9-8-14-4-6-15(25-3)7-5-14/h4-7,13,16-17H,8-12H2,1-3H3/t16-,17+/m1/s1. The van der Waals surface area contributed by atoms with Crippen LogP contribution in [-0.2, 0) is 21.1 Å². The number of fused-ring (bicyclic) bond motifs is 1. The van der Waals surface area contributed by atoms with Crippen molar-refractivity contribution in [2.75, 3.05) is 25.2 Å². The number of sulfone groups is 1. The van der Waals surface area contributed by atoms with E-state index in [1.165, 1.54) is 11.8 Å². The molecule has 2 aliphatic rings. The number of amides is 1. The van der Waals surface area contributed by atoms with Gasteiger partial charge in [0.05, 0.1) is 24.7 Å². The van der Waals surface area contributed by atoms with Gasteiger partial charge in [-0.3, -0.25) is 4.79 Å². The maximum absolute atomic E-state index is 12.2. The summed E-state index contributed by atoms with van der Waals surface area (Å²) in [4.78, 5) is 18.5. The Morgan fingerprint density at radius 2 is 2.00 bits per heavy atom. The van der Waals surface area contributed by atoms with Crippen LogP contribution in [0.4, 0.5) is 0 Å². The molecule has 27 heavy (non-hydrogen) atoms. The van der Waals surface area contributed by atoms with E-state index in [2.05, 4.69) is 4.99 Å². The molecule has 0 radical (unpaired) electrons. The first-order valence-corrected chi connectivity index (χ1v) is 11.9. The summed E-state index contributed by atoms with van der Waals surface area (Å²) in [7, 11) is -1.39. The van der Waals surface area contributed by atoms with Gasteiger partial charge in [-0.25, -0.2) is 8.42 Å². The normalized spacial score (nSPS) is 25.2. The molecule has 0 saturated carbocycles. The molecule has 0 N–H and O–H groups in total. The van der Waals surface area contributed by atoms with Crippen LogP contribution in [0.5, 0.6) is 5.75 Å². The average Bonchev–Trinajstić information content (AvgIpc) is 3.04. The van der Waals surface area contributed by atoms with Gasteiger partial charge in [0.1, 0.15) is 5.75 Å². The van der Waals surface area contributed by atoms with Gasteiger partial charge in [-0.15, -0.1) is 0 Å². The summed E-state index contributed by atoms with van der Waals surface area (Å²) in [5.74, 6) is 1.23. The molecule has 6 nitrogen and oxygen atoms in total. The summed E-state index contributed by atoms with van der Waals surface area (Å²) in [5.41, 5.74) is 1.14. The lowest BCUT2D eigenvalue weighted by Gasteiger charge is -2.24. The summed E-state index contributed by atoms with van der Waals surface area (Å²) in [6.07, 6.45) is 1.16. The van der Waals surface area contributed by atoms with Crippen LogP contribution in [0.1, 0.15) is 25.8 Å². The Morgan fingerprint density at radius 3 is 2.63 bits per heavy atom. The Labute approximate surface area is 165 Å². The number of amidine groups is 1. The monoisotopic (exact) mass is 410 g/mol. The van der Waals surface area contributed by atoms with Crippen molar-refractivity contribution < 1.29 is 17.9 Å². The largest absolute Gasteiger partial charge is 0.497 e. The molecule has 2 aliphatic heterocycles. The van der Waals surface area contributed by atoms with E-state index in [9.17, 15) is 13.2 Å². The van der Waals surface area contributed by atoms with Gasteiger partial charge in [0, 0.05) is 18.2 Å². The second-order valence-electron chi connectivity index (χ2n) is 7.48. The SMILES string of the molecule is COc1ccc(CCN2C(=NC(=O)CC(C)C)S[C@H]3CS(=O)(=O)C[C@H]32)cc1. The molecule has 0 aromatic heterocycles. The Balaban J connectivity index is 1.75. The topological polar surface area (TPSA) is 76.0 Å². The third-order valence-corrected chi connectivity index (χ3v) is 8.03. The number of rotatable bonds is 6. The first-order valence-electron chi connectivity index (χ1n) is 9.15. The van der Waals surface area contributed by atoms with E-state index in [1.807, 2.05) is 43.0 Å². The zero-order chi connectivity index (χ0) is 19.6. The molecule has 1 aromatic carbocycles. The molecule has 2 heterocycles. The van der Waals surface area contributed by atoms with Crippen molar-refractivity contribution in [2.24, 2.45) is 10.9 Å². The lowest BCUT2D eigenvalue weighted by molar-refractivity contribution is -0.118. The Hall–Kier alpha value is -1.54. The molecular weight excluding hydrogens is 384 g/mol. The smallest absolute Gasteiger partial charge is 0.248 e. The maximum Gasteiger partial charge on any atom is 0.248 e. The summed E-state index contributed by atoms with van der Waals surface area (Å²) < 4.78 is 29.3. The van der Waals surface area contributed by atoms with E-state index in [1.54, 1.807) is 7.11 Å². The highest BCUT2D eigenvalue weighted by Gasteiger charge is 2.48. The van der Waals surface area contributed by atoms with Crippen LogP contribution in [0.3, 0.4) is 0 Å². The van der Waals surface area contributed by atoms with Crippen molar-refractivity contribution in [2.45, 2.75) is 38.0 Å². The highest BCUT2D eigenvalue weighted by Crippen LogP contribution is 2.38. The maximum atomic E-state index is 12.2. The molecule has 3 rings (SSSR count). The molecule has 0 spiro atoms. The van der Waals surface area contributed by atoms with Gasteiger partial charge in [0.25, 0.3) is 0 Å². The summed E-state index contributed by atoms with van der Waals surface area (Å²) in [6, 6.07) is 7.75. The number of hydrogen-bond donors (Lipinski definition) is 0. The fourth-order valence-corrected chi connectivity index (χ4v) is 7.44. The molecule has 2 fully saturated rings. The minimum atomic E-state index is -3.02. The van der Waals surface area contributed by atoms with E-state index in [0.717, 1.165) is 17.7 Å². The summed E-state index contributed by atoms with van der Waals surface area (Å²) in [6.45, 7) is 4.62. The molecule has 8 heteroatoms. The van der Waals surface area contributed by atoms with Gasteiger partial charge < -0.3 is 9.64 Å². The number of ether oxygens (including phenoxy) is 1. The van der Waals surface area contributed by atoms with Crippen LogP contribution >= 0.6 is 11.8 Å². The molecule has 2 atom stereocenters. The first-order chi connectivity index (χ1) is 12.8. The van der Waals surface area contributed by atoms with E-state index in [4.69, 9.17) is 4.74 Å². The highest BCUT2D eigenvalue weighted by molar-refractivity contribution is 8.15. The van der Waals surface area contributed by atoms with Crippen molar-refractivity contribution in [3.63, 3.8) is 0 Å². The van der Waals surface area contributed by atoms with Crippen LogP contribution in [0.15, 0.2) is 29.3 Å². The number of aliphatic imine (C=N–C) groups is 1. The Morgan fingerprint density at radius 1 is 1.30 bits per heavy atom. The second-order valence-corrected chi connectivity index (χ2v) is 10.8. The van der Waals surface area contributed by atoms with Crippen molar-refractivity contribution >= 4 is 32.7 Å². The fourth-order valence-electron chi connectivity index (χ4n) is 3.44. The van der Waals surface area contributed by atoms with Gasteiger partial charge in [-0.1, -0.05) is 37.7 Å². The number of methoxy groups -OCH3 is 1. The van der Waals surface area contributed by atoms with E-state index in [-0.39, 0.29) is 34.6 Å². The van der Waals surface area contributed by atoms with Gasteiger partial charge in [0.2, 0.25) is 5.91 Å². The van der Waals surface area contributed by atoms with Crippen molar-refractivity contribution in [3.05, 3.63) is 29.8 Å². The van der Waals surface area contributed by atoms with Crippen molar-refractivity contribution in [3.8, 4) is 5.75 Å². The van der Waals surface area contributed by atoms with Gasteiger partial charge >= 0.3 is 0 Å². The minimum Gasteiger partial charge on any atom is -0.497 e. The molecular formula is C19H26N2O4S2. The lowest BCUT2D eigenvalue weighted by atomic mass is 10.1. The van der Waals surface area contributed by atoms with E-state index >= 15 is 0 Å². The highest BCUT2D eigenvalue weighted by atomic mass is 32.2. The first kappa shape index (κ1) is 20.2. The van der Waals surface area contributed by atoms with E-state index < -0.39 is 9.84 Å². The van der Waals surface area contributed by atoms with Crippen LogP contribution in [0.25, 0.3) is 0 Å². The number of carbonyl (C=O) groups is 1. The number of benzene rings is 1. The third kappa shape index (κ3) is 5.04. The molecule has 0 aliphatic carbocycles. The number of nitrogens with zero attached hydrogens (tertiary/aromatic N) is 2. The molecule has 0 bridgehead atoms. The summed E-state index contributed by atoms with van der Waals surface area (Å²) in [5, 5.41) is 0.649. The minimum absolute atomic E-state index is 0.0310. The van der Waals surface area contributed by atoms with Crippen LogP contribution in [0.2, 0.25) is 0 Å². The predicted octanol–water partition coefficient (Wildman–Crippen LogP) is 2.38. The van der Waals surface area contributed by atoms with Gasteiger partial charge in [-0.05, 0) is 30.0 Å². The summed E-state index contributed by atoms with van der Waals surface area (Å²) >= 11 is 1.44. The Kier molecular flexibility index (Phi) is 6.15. The average molecular weight is 411 g/mol. The molecule has 1 amide bonds. The second kappa shape index (κ2) is 8.22. The number of thioether (sulfide) groups is 1. The predicted molar refractivity (Wildman–Crippen MR) is 109 cm³/mol. The number of hydrogen-bond acceptors (Lipinski definition) is 5. The Bertz CT molecular complexity index is 819. The van der Waals surface area contributed by atoms with Crippen molar-refractivity contribution in [1.29, 1.82) is 0 Å². The molecule has 2 saturated heterocycles. The molecule has 0 unspecified atom stereocenters. The quantitative estimate of drug-likeness (QED) is 0.717. The third-order valence-electron chi connectivity index (χ3n) is 4.78. The van der Waals surface area contributed by atoms with Crippen LogP contribution in [0, 0.1) is 5.92 Å². The lowest BCUT2D eigenvalue weighted by Crippen LogP contribution is -2.39. The molecule has 148 valence electrons. The number of carbonyl (C=O) groups excluding carboxylic acids is 1. The molecule has 1 aromatic rings. The van der Waals surface area contributed by atoms with Gasteiger partial charge in [0.15, 0.2) is 15.0 Å². The van der Waals surface area contributed by atoms with Crippen LogP contribution < -0.4 is 4.74 Å². The fraction of sp³-hybridized carbons (Fsp3) is 0.579. The zero-order valence-electron chi connectivity index (χ0n) is 15.9. The van der Waals surface area contributed by atoms with E-state index in [0.29, 0.717) is 18.1 Å². The van der Waals surface area contributed by atoms with Gasteiger partial charge in [-0.2, -0.15) is 4.99 Å². The van der Waals surface area contributed by atoms with Crippen molar-refractivity contribution in [1.82, 2.24) is 4.90 Å².